The molecule has 2 aromatic rings. The maximum Gasteiger partial charge on any atom is 0.144 e. The van der Waals surface area contributed by atoms with Gasteiger partial charge in [-0.3, -0.25) is 0 Å². The molecule has 0 aliphatic carbocycles. The molecule has 0 atom stereocenters. The molecule has 2 rings (SSSR count). The summed E-state index contributed by atoms with van der Waals surface area (Å²) in [5.74, 6) is 2.40. The van der Waals surface area contributed by atoms with Crippen LogP contribution >= 0.6 is 15.9 Å². The summed E-state index contributed by atoms with van der Waals surface area (Å²) in [6, 6.07) is 3.98. The highest BCUT2D eigenvalue weighted by atomic mass is 79.9. The Hall–Kier alpha value is -1.16. The standard InChI is InChI=1S/C15H19BrN2O/c1-9(2)5-8-13-17-10(3)14-12(18-13)7-6-11(16)15(14)19-4/h6-7,9H,5,8H2,1-4H3. The van der Waals surface area contributed by atoms with Crippen LogP contribution in [-0.4, -0.2) is 17.1 Å². The number of aromatic nitrogens is 2. The van der Waals surface area contributed by atoms with Crippen LogP contribution in [0.3, 0.4) is 0 Å². The Morgan fingerprint density at radius 3 is 2.63 bits per heavy atom. The van der Waals surface area contributed by atoms with Gasteiger partial charge in [-0.15, -0.1) is 0 Å². The fourth-order valence-electron chi connectivity index (χ4n) is 2.13. The highest BCUT2D eigenvalue weighted by Gasteiger charge is 2.12. The van der Waals surface area contributed by atoms with Crippen molar-refractivity contribution < 1.29 is 4.74 Å². The van der Waals surface area contributed by atoms with Gasteiger partial charge in [0.2, 0.25) is 0 Å². The fraction of sp³-hybridized carbons (Fsp3) is 0.467. The molecule has 0 fully saturated rings. The average molecular weight is 323 g/mol. The van der Waals surface area contributed by atoms with Crippen molar-refractivity contribution in [2.75, 3.05) is 7.11 Å². The molecular weight excluding hydrogens is 304 g/mol. The number of ether oxygens (including phenoxy) is 1. The quantitative estimate of drug-likeness (QED) is 0.841. The third-order valence-corrected chi connectivity index (χ3v) is 3.77. The second-order valence-electron chi connectivity index (χ2n) is 5.13. The predicted molar refractivity (Wildman–Crippen MR) is 81.7 cm³/mol. The summed E-state index contributed by atoms with van der Waals surface area (Å²) in [5.41, 5.74) is 1.92. The zero-order valence-electron chi connectivity index (χ0n) is 11.8. The van der Waals surface area contributed by atoms with Gasteiger partial charge in [0.15, 0.2) is 0 Å². The van der Waals surface area contributed by atoms with Crippen LogP contribution in [0.25, 0.3) is 10.9 Å². The van der Waals surface area contributed by atoms with Crippen molar-refractivity contribution in [2.45, 2.75) is 33.6 Å². The summed E-state index contributed by atoms with van der Waals surface area (Å²) in [6.45, 7) is 6.44. The molecule has 0 aliphatic rings. The van der Waals surface area contributed by atoms with Gasteiger partial charge in [0.25, 0.3) is 0 Å². The summed E-state index contributed by atoms with van der Waals surface area (Å²) >= 11 is 3.50. The maximum absolute atomic E-state index is 5.45. The van der Waals surface area contributed by atoms with Crippen molar-refractivity contribution in [1.82, 2.24) is 9.97 Å². The van der Waals surface area contributed by atoms with Gasteiger partial charge in [-0.2, -0.15) is 0 Å². The van der Waals surface area contributed by atoms with Crippen LogP contribution in [0, 0.1) is 12.8 Å². The Kier molecular flexibility index (Phi) is 4.40. The number of methoxy groups -OCH3 is 1. The molecule has 0 N–H and O–H groups in total. The second kappa shape index (κ2) is 5.87. The number of fused-ring (bicyclic) bond motifs is 1. The van der Waals surface area contributed by atoms with Gasteiger partial charge < -0.3 is 4.74 Å². The van der Waals surface area contributed by atoms with E-state index in [4.69, 9.17) is 4.74 Å². The molecule has 1 aromatic carbocycles. The van der Waals surface area contributed by atoms with Gasteiger partial charge in [0.1, 0.15) is 11.6 Å². The number of aryl methyl sites for hydroxylation is 2. The lowest BCUT2D eigenvalue weighted by Gasteiger charge is -2.11. The van der Waals surface area contributed by atoms with Crippen LogP contribution in [0.2, 0.25) is 0 Å². The van der Waals surface area contributed by atoms with Gasteiger partial charge in [-0.1, -0.05) is 13.8 Å². The SMILES string of the molecule is COc1c(Br)ccc2nc(CCC(C)C)nc(C)c12. The Balaban J connectivity index is 2.50. The topological polar surface area (TPSA) is 35.0 Å². The number of halogens is 1. The summed E-state index contributed by atoms with van der Waals surface area (Å²) in [7, 11) is 1.67. The van der Waals surface area contributed by atoms with Gasteiger partial charge in [-0.05, 0) is 47.3 Å². The van der Waals surface area contributed by atoms with E-state index >= 15 is 0 Å². The van der Waals surface area contributed by atoms with E-state index in [0.29, 0.717) is 5.92 Å². The largest absolute Gasteiger partial charge is 0.495 e. The average Bonchev–Trinajstić information content (AvgIpc) is 2.37. The van der Waals surface area contributed by atoms with Crippen molar-refractivity contribution in [3.05, 3.63) is 28.1 Å². The van der Waals surface area contributed by atoms with E-state index in [0.717, 1.165) is 45.5 Å². The number of hydrogen-bond donors (Lipinski definition) is 0. The van der Waals surface area contributed by atoms with Crippen LogP contribution in [0.15, 0.2) is 16.6 Å². The predicted octanol–water partition coefficient (Wildman–Crippen LogP) is 4.30. The summed E-state index contributed by atoms with van der Waals surface area (Å²) in [4.78, 5) is 9.26. The number of rotatable bonds is 4. The van der Waals surface area contributed by atoms with Crippen LogP contribution in [0.5, 0.6) is 5.75 Å². The zero-order chi connectivity index (χ0) is 14.0. The molecule has 1 heterocycles. The molecule has 4 heteroatoms. The van der Waals surface area contributed by atoms with Crippen molar-refractivity contribution >= 4 is 26.8 Å². The number of benzene rings is 1. The van der Waals surface area contributed by atoms with Crippen LogP contribution in [0.4, 0.5) is 0 Å². The lowest BCUT2D eigenvalue weighted by Crippen LogP contribution is -2.02. The smallest absolute Gasteiger partial charge is 0.144 e. The lowest BCUT2D eigenvalue weighted by molar-refractivity contribution is 0.417. The van der Waals surface area contributed by atoms with E-state index in [1.807, 2.05) is 19.1 Å². The molecule has 102 valence electrons. The molecule has 0 amide bonds. The van der Waals surface area contributed by atoms with Crippen LogP contribution in [0.1, 0.15) is 31.8 Å². The third kappa shape index (κ3) is 3.06. The van der Waals surface area contributed by atoms with Gasteiger partial charge in [-0.25, -0.2) is 9.97 Å². The maximum atomic E-state index is 5.45. The van der Waals surface area contributed by atoms with E-state index in [9.17, 15) is 0 Å². The second-order valence-corrected chi connectivity index (χ2v) is 5.99. The minimum Gasteiger partial charge on any atom is -0.495 e. The number of hydrogen-bond acceptors (Lipinski definition) is 3. The summed E-state index contributed by atoms with van der Waals surface area (Å²) in [6.07, 6.45) is 2.03. The fourth-order valence-corrected chi connectivity index (χ4v) is 2.62. The van der Waals surface area contributed by atoms with Crippen molar-refractivity contribution in [3.8, 4) is 5.75 Å². The molecule has 0 saturated heterocycles. The van der Waals surface area contributed by atoms with E-state index in [1.54, 1.807) is 7.11 Å². The van der Waals surface area contributed by atoms with E-state index in [-0.39, 0.29) is 0 Å². The van der Waals surface area contributed by atoms with Crippen LogP contribution in [-0.2, 0) is 6.42 Å². The zero-order valence-corrected chi connectivity index (χ0v) is 13.4. The molecule has 0 saturated carbocycles. The molecule has 0 radical (unpaired) electrons. The highest BCUT2D eigenvalue weighted by molar-refractivity contribution is 9.10. The molecular formula is C15H19BrN2O. The summed E-state index contributed by atoms with van der Waals surface area (Å²) < 4.78 is 6.38. The molecule has 19 heavy (non-hydrogen) atoms. The van der Waals surface area contributed by atoms with E-state index < -0.39 is 0 Å². The molecule has 3 nitrogen and oxygen atoms in total. The third-order valence-electron chi connectivity index (χ3n) is 3.15. The van der Waals surface area contributed by atoms with Gasteiger partial charge >= 0.3 is 0 Å². The first-order valence-corrected chi connectivity index (χ1v) is 7.32. The number of nitrogens with zero attached hydrogens (tertiary/aromatic N) is 2. The minimum atomic E-state index is 0.666. The van der Waals surface area contributed by atoms with E-state index in [2.05, 4.69) is 39.7 Å². The Morgan fingerprint density at radius 1 is 1.26 bits per heavy atom. The Labute approximate surface area is 122 Å². The van der Waals surface area contributed by atoms with Crippen LogP contribution < -0.4 is 4.74 Å². The first-order valence-electron chi connectivity index (χ1n) is 6.52. The van der Waals surface area contributed by atoms with Crippen molar-refractivity contribution in [2.24, 2.45) is 5.92 Å². The molecule has 0 unspecified atom stereocenters. The Bertz CT molecular complexity index is 596. The first-order chi connectivity index (χ1) is 9.02. The normalized spacial score (nSPS) is 11.3. The molecule has 0 aliphatic heterocycles. The van der Waals surface area contributed by atoms with Crippen molar-refractivity contribution in [3.63, 3.8) is 0 Å². The first kappa shape index (κ1) is 14.3. The summed E-state index contributed by atoms with van der Waals surface area (Å²) in [5, 5.41) is 0.991. The monoisotopic (exact) mass is 322 g/mol. The Morgan fingerprint density at radius 2 is 2.00 bits per heavy atom. The minimum absolute atomic E-state index is 0.666. The molecule has 0 spiro atoms. The van der Waals surface area contributed by atoms with Gasteiger partial charge in [0.05, 0.1) is 28.2 Å². The van der Waals surface area contributed by atoms with E-state index in [1.165, 1.54) is 0 Å². The highest BCUT2D eigenvalue weighted by Crippen LogP contribution is 2.34. The van der Waals surface area contributed by atoms with Crippen molar-refractivity contribution in [1.29, 1.82) is 0 Å². The van der Waals surface area contributed by atoms with Gasteiger partial charge in [0, 0.05) is 6.42 Å². The molecule has 1 aromatic heterocycles. The molecule has 0 bridgehead atoms. The lowest BCUT2D eigenvalue weighted by atomic mass is 10.1.